The predicted octanol–water partition coefficient (Wildman–Crippen LogP) is 3.31. The summed E-state index contributed by atoms with van der Waals surface area (Å²) in [6.07, 6.45) is 3.48. The zero-order valence-corrected chi connectivity index (χ0v) is 11.0. The average molecular weight is 265 g/mol. The first kappa shape index (κ1) is 13.5. The van der Waals surface area contributed by atoms with E-state index in [-0.39, 0.29) is 6.42 Å². The maximum atomic E-state index is 13.7. The Labute approximate surface area is 111 Å². The monoisotopic (exact) mass is 265 g/mol. The second-order valence-electron chi connectivity index (χ2n) is 4.94. The Bertz CT molecular complexity index is 536. The Balaban J connectivity index is 2.20. The van der Waals surface area contributed by atoms with Gasteiger partial charge in [-0.05, 0) is 37.1 Å². The maximum absolute atomic E-state index is 13.7. The summed E-state index contributed by atoms with van der Waals surface area (Å²) in [6, 6.07) is 7.32. The second-order valence-corrected chi connectivity index (χ2v) is 4.94. The normalized spacial score (nSPS) is 14.1. The van der Waals surface area contributed by atoms with Gasteiger partial charge < -0.3 is 0 Å². The lowest BCUT2D eigenvalue weighted by Gasteiger charge is -2.17. The van der Waals surface area contributed by atoms with Crippen LogP contribution in [0.5, 0.6) is 0 Å². The number of aryl methyl sites for hydroxylation is 1. The van der Waals surface area contributed by atoms with E-state index in [1.807, 2.05) is 25.1 Å². The fourth-order valence-corrected chi connectivity index (χ4v) is 1.83. The Morgan fingerprint density at radius 1 is 1.42 bits per heavy atom. The van der Waals surface area contributed by atoms with E-state index in [0.29, 0.717) is 0 Å². The van der Waals surface area contributed by atoms with Crippen LogP contribution in [-0.2, 0) is 6.42 Å². The highest BCUT2D eigenvalue weighted by Gasteiger charge is 2.23. The summed E-state index contributed by atoms with van der Waals surface area (Å²) in [6.45, 7) is 2.23. The minimum atomic E-state index is -1.82. The Kier molecular flexibility index (Phi) is 3.83. The van der Waals surface area contributed by atoms with E-state index in [2.05, 4.69) is 10.5 Å². The summed E-state index contributed by atoms with van der Waals surface area (Å²) in [7, 11) is 0. The first-order chi connectivity index (χ1) is 9.00. The average Bonchev–Trinajstić information content (AvgIpc) is 2.86. The van der Waals surface area contributed by atoms with Gasteiger partial charge in [0.25, 0.3) is 0 Å². The molecule has 102 valence electrons. The lowest BCUT2D eigenvalue weighted by Crippen LogP contribution is -2.24. The van der Waals surface area contributed by atoms with Crippen molar-refractivity contribution >= 4 is 5.69 Å². The number of hydrogen-bond donors (Lipinski definition) is 1. The molecule has 2 aromatic rings. The molecule has 2 rings (SSSR count). The molecule has 0 saturated heterocycles. The quantitative estimate of drug-likeness (QED) is 0.899. The van der Waals surface area contributed by atoms with Crippen molar-refractivity contribution < 1.29 is 8.78 Å². The van der Waals surface area contributed by atoms with Crippen LogP contribution in [0.3, 0.4) is 0 Å². The molecule has 1 N–H and O–H groups in total. The number of alkyl halides is 2. The zero-order valence-electron chi connectivity index (χ0n) is 11.0. The van der Waals surface area contributed by atoms with Crippen LogP contribution in [0.25, 0.3) is 0 Å². The number of nitrogens with one attached hydrogen (secondary N) is 1. The van der Waals surface area contributed by atoms with Gasteiger partial charge >= 0.3 is 0 Å². The predicted molar refractivity (Wildman–Crippen MR) is 71.6 cm³/mol. The van der Waals surface area contributed by atoms with E-state index >= 15 is 0 Å². The van der Waals surface area contributed by atoms with Gasteiger partial charge in [0.2, 0.25) is 0 Å². The van der Waals surface area contributed by atoms with Gasteiger partial charge in [-0.1, -0.05) is 12.1 Å². The summed E-state index contributed by atoms with van der Waals surface area (Å²) in [5, 5.41) is 4.04. The molecule has 1 atom stereocenters. The third-order valence-corrected chi connectivity index (χ3v) is 2.89. The molecule has 1 aromatic heterocycles. The van der Waals surface area contributed by atoms with Crippen molar-refractivity contribution in [3.8, 4) is 0 Å². The van der Waals surface area contributed by atoms with Crippen molar-refractivity contribution in [3.05, 3.63) is 47.8 Å². The van der Waals surface area contributed by atoms with Gasteiger partial charge in [-0.25, -0.2) is 8.78 Å². The van der Waals surface area contributed by atoms with Crippen LogP contribution in [-0.4, -0.2) is 22.2 Å². The molecule has 0 saturated carbocycles. The highest BCUT2D eigenvalue weighted by Crippen LogP contribution is 2.23. The van der Waals surface area contributed by atoms with E-state index in [1.165, 1.54) is 6.92 Å². The fourth-order valence-electron chi connectivity index (χ4n) is 1.83. The van der Waals surface area contributed by atoms with Gasteiger partial charge in [0, 0.05) is 12.6 Å². The highest BCUT2D eigenvalue weighted by atomic mass is 19.2. The highest BCUT2D eigenvalue weighted by molar-refractivity contribution is 5.52. The number of halogens is 2. The summed E-state index contributed by atoms with van der Waals surface area (Å²) < 4.78 is 26.2. The van der Waals surface area contributed by atoms with Gasteiger partial charge in [0.05, 0.1) is 11.9 Å². The van der Waals surface area contributed by atoms with E-state index in [1.54, 1.807) is 23.3 Å². The lowest BCUT2D eigenvalue weighted by molar-refractivity contribution is 0.142. The molecule has 0 fully saturated rings. The van der Waals surface area contributed by atoms with Crippen molar-refractivity contribution in [2.24, 2.45) is 0 Å². The molecule has 1 unspecified atom stereocenters. The number of rotatable bonds is 5. The number of aromatic nitrogens is 2. The van der Waals surface area contributed by atoms with E-state index in [4.69, 9.17) is 0 Å². The van der Waals surface area contributed by atoms with Crippen LogP contribution in [0.2, 0.25) is 0 Å². The van der Waals surface area contributed by atoms with Crippen LogP contribution < -0.4 is 5.43 Å². The van der Waals surface area contributed by atoms with Crippen LogP contribution >= 0.6 is 0 Å². The fraction of sp³-hybridized carbons (Fsp3) is 0.357. The molecule has 5 heteroatoms. The van der Waals surface area contributed by atoms with Gasteiger partial charge in [-0.3, -0.25) is 5.43 Å². The topological polar surface area (TPSA) is 29.9 Å². The van der Waals surface area contributed by atoms with Crippen LogP contribution in [0.15, 0.2) is 36.7 Å². The third kappa shape index (κ3) is 3.53. The van der Waals surface area contributed by atoms with Gasteiger partial charge in [-0.15, -0.1) is 0 Å². The van der Waals surface area contributed by atoms with Crippen molar-refractivity contribution in [3.63, 3.8) is 0 Å². The van der Waals surface area contributed by atoms with Crippen LogP contribution in [0.4, 0.5) is 14.5 Å². The molecule has 0 spiro atoms. The minimum absolute atomic E-state index is 0.0531. The summed E-state index contributed by atoms with van der Waals surface area (Å²) in [4.78, 5) is 1.57. The Morgan fingerprint density at radius 2 is 2.21 bits per heavy atom. The molecule has 0 aliphatic heterocycles. The number of benzene rings is 1. The van der Waals surface area contributed by atoms with Crippen molar-refractivity contribution in [1.82, 2.24) is 9.89 Å². The molecule has 0 bridgehead atoms. The molecular formula is C14H17F2N3. The van der Waals surface area contributed by atoms with E-state index in [9.17, 15) is 8.78 Å². The minimum Gasteiger partial charge on any atom is -0.278 e. The standard InChI is InChI=1S/C14H17F2N3/c1-11-4-5-12(9-14(2,16)10-15)8-13(11)18-19-7-3-6-17-19/h3-8,18H,9-10H2,1-2H3. The molecule has 3 nitrogen and oxygen atoms in total. The van der Waals surface area contributed by atoms with Crippen molar-refractivity contribution in [2.75, 3.05) is 12.1 Å². The Morgan fingerprint density at radius 3 is 2.84 bits per heavy atom. The van der Waals surface area contributed by atoms with Crippen molar-refractivity contribution in [1.29, 1.82) is 0 Å². The smallest absolute Gasteiger partial charge is 0.140 e. The molecule has 0 aliphatic rings. The summed E-state index contributed by atoms with van der Waals surface area (Å²) in [5.74, 6) is 0. The molecule has 1 heterocycles. The molecular weight excluding hydrogens is 248 g/mol. The van der Waals surface area contributed by atoms with Crippen LogP contribution in [0, 0.1) is 6.92 Å². The Hall–Kier alpha value is -1.91. The molecule has 0 radical (unpaired) electrons. The van der Waals surface area contributed by atoms with Gasteiger partial charge in [0.15, 0.2) is 0 Å². The van der Waals surface area contributed by atoms with Gasteiger partial charge in [0.1, 0.15) is 12.3 Å². The molecule has 0 aliphatic carbocycles. The summed E-state index contributed by atoms with van der Waals surface area (Å²) >= 11 is 0. The number of nitrogens with zero attached hydrogens (tertiary/aromatic N) is 2. The largest absolute Gasteiger partial charge is 0.278 e. The van der Waals surface area contributed by atoms with Crippen molar-refractivity contribution in [2.45, 2.75) is 25.9 Å². The SMILES string of the molecule is Cc1ccc(CC(C)(F)CF)cc1Nn1cccn1. The molecule has 1 aromatic carbocycles. The lowest BCUT2D eigenvalue weighted by atomic mass is 9.98. The number of anilines is 1. The van der Waals surface area contributed by atoms with E-state index in [0.717, 1.165) is 16.8 Å². The van der Waals surface area contributed by atoms with Crippen LogP contribution in [0.1, 0.15) is 18.1 Å². The summed E-state index contributed by atoms with van der Waals surface area (Å²) in [5.41, 5.74) is 3.86. The first-order valence-electron chi connectivity index (χ1n) is 6.11. The zero-order chi connectivity index (χ0) is 13.9. The molecule has 19 heavy (non-hydrogen) atoms. The van der Waals surface area contributed by atoms with Gasteiger partial charge in [-0.2, -0.15) is 9.89 Å². The third-order valence-electron chi connectivity index (χ3n) is 2.89. The maximum Gasteiger partial charge on any atom is 0.140 e. The second kappa shape index (κ2) is 5.38. The first-order valence-corrected chi connectivity index (χ1v) is 6.11. The number of hydrogen-bond acceptors (Lipinski definition) is 2. The molecule has 0 amide bonds. The van der Waals surface area contributed by atoms with E-state index < -0.39 is 12.3 Å².